The summed E-state index contributed by atoms with van der Waals surface area (Å²) >= 11 is 0. The number of unbranched alkanes of at least 4 members (excludes halogenated alkanes) is 2. The normalized spacial score (nSPS) is 11.5. The number of nitrogens with zero attached hydrogens (tertiary/aromatic N) is 4. The van der Waals surface area contributed by atoms with Crippen molar-refractivity contribution in [2.24, 2.45) is 19.1 Å². The molecule has 2 aromatic rings. The molecule has 1 aromatic heterocycles. The fraction of sp³-hybridized carbons (Fsp3) is 0.522. The minimum Gasteiger partial charge on any atom is -0.475 e. The lowest BCUT2D eigenvalue weighted by atomic mass is 10.2. The van der Waals surface area contributed by atoms with Crippen molar-refractivity contribution in [2.75, 3.05) is 25.5 Å². The number of aromatic nitrogens is 2. The van der Waals surface area contributed by atoms with Crippen LogP contribution < -0.4 is 9.88 Å². The molecule has 0 aliphatic carbocycles. The molecule has 0 aliphatic heterocycles. The highest BCUT2D eigenvalue weighted by atomic mass is 16.5. The number of nitrogens with one attached hydrogen (secondary N) is 1. The fourth-order valence-electron chi connectivity index (χ4n) is 3.22. The molecule has 30 heavy (non-hydrogen) atoms. The lowest BCUT2D eigenvalue weighted by Gasteiger charge is -2.23. The molecule has 2 rings (SSSR count). The van der Waals surface area contributed by atoms with E-state index < -0.39 is 0 Å². The van der Waals surface area contributed by atoms with Crippen molar-refractivity contribution in [2.45, 2.75) is 46.5 Å². The molecular formula is C23H36N5O2+. The summed E-state index contributed by atoms with van der Waals surface area (Å²) in [6, 6.07) is 5.74. The first-order valence-corrected chi connectivity index (χ1v) is 10.7. The second-order valence-electron chi connectivity index (χ2n) is 7.59. The predicted octanol–water partition coefficient (Wildman–Crippen LogP) is 4.32. The van der Waals surface area contributed by atoms with E-state index in [0.717, 1.165) is 61.5 Å². The van der Waals surface area contributed by atoms with Crippen LogP contribution in [0.1, 0.15) is 50.9 Å². The lowest BCUT2D eigenvalue weighted by Crippen LogP contribution is -2.36. The molecule has 1 N–H and O–H groups in total. The first-order chi connectivity index (χ1) is 14.4. The molecule has 0 aliphatic rings. The van der Waals surface area contributed by atoms with Gasteiger partial charge < -0.3 is 15.0 Å². The summed E-state index contributed by atoms with van der Waals surface area (Å²) in [4.78, 5) is 19.5. The smallest absolute Gasteiger partial charge is 0.344 e. The van der Waals surface area contributed by atoms with Gasteiger partial charge in [-0.1, -0.05) is 32.8 Å². The van der Waals surface area contributed by atoms with Crippen LogP contribution in [0.5, 0.6) is 0 Å². The van der Waals surface area contributed by atoms with Crippen molar-refractivity contribution in [3.63, 3.8) is 0 Å². The van der Waals surface area contributed by atoms with Crippen molar-refractivity contribution < 1.29 is 14.1 Å². The number of amides is 2. The molecule has 7 nitrogen and oxygen atoms in total. The van der Waals surface area contributed by atoms with Gasteiger partial charge in [0.2, 0.25) is 0 Å². The van der Waals surface area contributed by atoms with Crippen LogP contribution in [0.15, 0.2) is 35.6 Å². The largest absolute Gasteiger partial charge is 0.475 e. The van der Waals surface area contributed by atoms with Crippen molar-refractivity contribution in [1.29, 1.82) is 0 Å². The van der Waals surface area contributed by atoms with E-state index in [4.69, 9.17) is 4.74 Å². The van der Waals surface area contributed by atoms with E-state index in [9.17, 15) is 4.79 Å². The second kappa shape index (κ2) is 11.4. The van der Waals surface area contributed by atoms with Crippen LogP contribution in [-0.4, -0.2) is 41.6 Å². The van der Waals surface area contributed by atoms with Crippen molar-refractivity contribution in [3.8, 4) is 0 Å². The average Bonchev–Trinajstić information content (AvgIpc) is 3.06. The van der Waals surface area contributed by atoms with Gasteiger partial charge in [-0.2, -0.15) is 0 Å². The molecule has 1 heterocycles. The number of carbonyl (C=O) groups excluding carboxylic acids is 1. The van der Waals surface area contributed by atoms with Gasteiger partial charge in [-0.3, -0.25) is 0 Å². The molecule has 0 saturated carbocycles. The maximum atomic E-state index is 12.9. The maximum absolute atomic E-state index is 12.9. The van der Waals surface area contributed by atoms with Gasteiger partial charge in [0.25, 0.3) is 0 Å². The van der Waals surface area contributed by atoms with Crippen molar-refractivity contribution >= 4 is 23.3 Å². The molecule has 0 spiro atoms. The van der Waals surface area contributed by atoms with Crippen molar-refractivity contribution in [3.05, 3.63) is 42.0 Å². The third-order valence-corrected chi connectivity index (χ3v) is 5.11. The number of rotatable bonds is 9. The standard InChI is InChI=1S/C23H35N5O2/c1-7-9-13-28(14-10-8-2)23(29)25-20-17-19(12-11-18(20)3)24-21(30-6)22-26(4)15-16-27(22)5/h11-12,15-17H,7-10,13-14H2,1-6H3/p+1. The SMILES string of the molecule is CCCCN(CCCC)C(=O)Nc1cc(N=C(OC)c2n(C)cc[n+]2C)ccc1C. The molecule has 0 saturated heterocycles. The first kappa shape index (κ1) is 23.4. The zero-order valence-electron chi connectivity index (χ0n) is 19.2. The van der Waals surface area contributed by atoms with Gasteiger partial charge in [0.1, 0.15) is 12.4 Å². The minimum atomic E-state index is -0.0538. The number of carbonyl (C=O) groups is 1. The van der Waals surface area contributed by atoms with E-state index in [0.29, 0.717) is 5.90 Å². The summed E-state index contributed by atoms with van der Waals surface area (Å²) in [5.41, 5.74) is 2.49. The van der Waals surface area contributed by atoms with Gasteiger partial charge in [0, 0.05) is 18.8 Å². The quantitative estimate of drug-likeness (QED) is 0.377. The Morgan fingerprint density at radius 1 is 1.23 bits per heavy atom. The third-order valence-electron chi connectivity index (χ3n) is 5.11. The lowest BCUT2D eigenvalue weighted by molar-refractivity contribution is -0.672. The topological polar surface area (TPSA) is 62.7 Å². The molecule has 1 aromatic carbocycles. The molecule has 164 valence electrons. The predicted molar refractivity (Wildman–Crippen MR) is 121 cm³/mol. The highest BCUT2D eigenvalue weighted by molar-refractivity contribution is 5.93. The molecule has 0 unspecified atom stereocenters. The summed E-state index contributed by atoms with van der Waals surface area (Å²) in [6.07, 6.45) is 8.04. The van der Waals surface area contributed by atoms with Gasteiger partial charge in [0.15, 0.2) is 0 Å². The Bertz CT molecular complexity index is 845. The van der Waals surface area contributed by atoms with Crippen LogP contribution in [0, 0.1) is 6.92 Å². The van der Waals surface area contributed by atoms with Crippen LogP contribution in [0.3, 0.4) is 0 Å². The number of methoxy groups -OCH3 is 1. The number of ether oxygens (including phenoxy) is 1. The molecular weight excluding hydrogens is 378 g/mol. The number of benzene rings is 1. The van der Waals surface area contributed by atoms with E-state index in [-0.39, 0.29) is 6.03 Å². The Morgan fingerprint density at radius 2 is 1.90 bits per heavy atom. The number of aliphatic imine (C=N–C) groups is 1. The Labute approximate surface area is 180 Å². The van der Waals surface area contributed by atoms with Gasteiger partial charge in [-0.05, 0) is 37.5 Å². The summed E-state index contributed by atoms with van der Waals surface area (Å²) in [5, 5.41) is 3.08. The Morgan fingerprint density at radius 3 is 2.43 bits per heavy atom. The second-order valence-corrected chi connectivity index (χ2v) is 7.59. The number of hydrogen-bond donors (Lipinski definition) is 1. The monoisotopic (exact) mass is 414 g/mol. The summed E-state index contributed by atoms with van der Waals surface area (Å²) < 4.78 is 9.46. The van der Waals surface area contributed by atoms with Gasteiger partial charge in [0.05, 0.1) is 26.9 Å². The van der Waals surface area contributed by atoms with Gasteiger partial charge in [-0.25, -0.2) is 18.9 Å². The van der Waals surface area contributed by atoms with Gasteiger partial charge >= 0.3 is 17.8 Å². The van der Waals surface area contributed by atoms with Crippen molar-refractivity contribution in [1.82, 2.24) is 9.47 Å². The van der Waals surface area contributed by atoms with Crippen LogP contribution in [0.2, 0.25) is 0 Å². The number of aryl methyl sites for hydroxylation is 3. The minimum absolute atomic E-state index is 0.0538. The van der Waals surface area contributed by atoms with E-state index in [2.05, 4.69) is 24.2 Å². The summed E-state index contributed by atoms with van der Waals surface area (Å²) in [5.74, 6) is 1.37. The number of imidazole rings is 1. The zero-order chi connectivity index (χ0) is 22.1. The first-order valence-electron chi connectivity index (χ1n) is 10.7. The van der Waals surface area contributed by atoms with Crippen LogP contribution in [0.25, 0.3) is 0 Å². The molecule has 0 radical (unpaired) electrons. The molecule has 7 heteroatoms. The number of urea groups is 1. The highest BCUT2D eigenvalue weighted by Crippen LogP contribution is 2.24. The molecule has 0 bridgehead atoms. The molecule has 0 fully saturated rings. The Hall–Kier alpha value is -2.83. The third kappa shape index (κ3) is 6.08. The maximum Gasteiger partial charge on any atom is 0.344 e. The molecule has 0 atom stereocenters. The summed E-state index contributed by atoms with van der Waals surface area (Å²) in [7, 11) is 5.51. The van der Waals surface area contributed by atoms with E-state index in [1.165, 1.54) is 0 Å². The van der Waals surface area contributed by atoms with Crippen LogP contribution >= 0.6 is 0 Å². The van der Waals surface area contributed by atoms with Crippen LogP contribution in [-0.2, 0) is 18.8 Å². The average molecular weight is 415 g/mol. The number of anilines is 1. The Balaban J connectivity index is 2.26. The van der Waals surface area contributed by atoms with E-state index in [1.807, 2.05) is 65.6 Å². The number of hydrogen-bond acceptors (Lipinski definition) is 3. The van der Waals surface area contributed by atoms with Gasteiger partial charge in [-0.15, -0.1) is 0 Å². The summed E-state index contributed by atoms with van der Waals surface area (Å²) in [6.45, 7) is 7.82. The fourth-order valence-corrected chi connectivity index (χ4v) is 3.22. The molecule has 2 amide bonds. The zero-order valence-corrected chi connectivity index (χ0v) is 19.2. The van der Waals surface area contributed by atoms with E-state index in [1.54, 1.807) is 7.11 Å². The Kier molecular flexibility index (Phi) is 8.89. The van der Waals surface area contributed by atoms with E-state index >= 15 is 0 Å². The highest BCUT2D eigenvalue weighted by Gasteiger charge is 2.20. The van der Waals surface area contributed by atoms with Crippen LogP contribution in [0.4, 0.5) is 16.2 Å².